The van der Waals surface area contributed by atoms with Crippen molar-refractivity contribution in [3.05, 3.63) is 22.2 Å². The van der Waals surface area contributed by atoms with Gasteiger partial charge in [-0.15, -0.1) is 0 Å². The maximum absolute atomic E-state index is 5.87. The topological polar surface area (TPSA) is 38.0 Å². The predicted octanol–water partition coefficient (Wildman–Crippen LogP) is 4.04. The molecule has 0 aromatic heterocycles. The number of thioether (sulfide) groups is 1. The van der Waals surface area contributed by atoms with Crippen molar-refractivity contribution in [3.63, 3.8) is 0 Å². The molecule has 1 unspecified atom stereocenters. The number of aryl methyl sites for hydroxylation is 1. The Morgan fingerprint density at radius 2 is 2.29 bits per heavy atom. The smallest absolute Gasteiger partial charge is 0.0489 e. The van der Waals surface area contributed by atoms with Gasteiger partial charge in [0.15, 0.2) is 0 Å². The molecule has 0 saturated carbocycles. The molecular weight excluding hydrogens is 296 g/mol. The van der Waals surface area contributed by atoms with Gasteiger partial charge in [-0.3, -0.25) is 0 Å². The van der Waals surface area contributed by atoms with Gasteiger partial charge in [0.25, 0.3) is 0 Å². The fourth-order valence-corrected chi connectivity index (χ4v) is 3.84. The minimum atomic E-state index is 0.384. The first-order valence-corrected chi connectivity index (χ1v) is 7.71. The lowest BCUT2D eigenvalue weighted by Gasteiger charge is -2.24. The van der Waals surface area contributed by atoms with Gasteiger partial charge in [-0.05, 0) is 66.1 Å². The summed E-state index contributed by atoms with van der Waals surface area (Å²) in [7, 11) is 0. The number of halogens is 1. The van der Waals surface area contributed by atoms with Crippen LogP contribution in [0.4, 0.5) is 11.4 Å². The lowest BCUT2D eigenvalue weighted by atomic mass is 10.1. The Balaban J connectivity index is 2.06. The van der Waals surface area contributed by atoms with Crippen LogP contribution in [0, 0.1) is 6.92 Å². The number of hydrogen-bond donors (Lipinski definition) is 2. The Morgan fingerprint density at radius 3 is 2.94 bits per heavy atom. The fourth-order valence-electron chi connectivity index (χ4n) is 2.09. The molecule has 94 valence electrons. The second-order valence-corrected chi connectivity index (χ2v) is 7.48. The number of anilines is 2. The van der Waals surface area contributed by atoms with E-state index in [0.717, 1.165) is 28.0 Å². The zero-order valence-electron chi connectivity index (χ0n) is 10.3. The van der Waals surface area contributed by atoms with Crippen LogP contribution in [-0.2, 0) is 0 Å². The Hall–Kier alpha value is -0.350. The molecule has 0 bridgehead atoms. The van der Waals surface area contributed by atoms with E-state index >= 15 is 0 Å². The first-order chi connectivity index (χ1) is 8.00. The van der Waals surface area contributed by atoms with Gasteiger partial charge in [0.1, 0.15) is 0 Å². The van der Waals surface area contributed by atoms with E-state index in [4.69, 9.17) is 5.73 Å². The highest BCUT2D eigenvalue weighted by Gasteiger charge is 2.29. The Kier molecular flexibility index (Phi) is 3.93. The number of rotatable bonds is 3. The van der Waals surface area contributed by atoms with E-state index in [9.17, 15) is 0 Å². The van der Waals surface area contributed by atoms with Crippen LogP contribution >= 0.6 is 27.7 Å². The number of nitrogens with two attached hydrogens (primary N) is 1. The minimum absolute atomic E-state index is 0.384. The summed E-state index contributed by atoms with van der Waals surface area (Å²) in [4.78, 5) is 0. The third-order valence-electron chi connectivity index (χ3n) is 3.31. The van der Waals surface area contributed by atoms with E-state index in [1.54, 1.807) is 0 Å². The second-order valence-electron chi connectivity index (χ2n) is 4.94. The van der Waals surface area contributed by atoms with E-state index in [1.165, 1.54) is 18.6 Å². The molecule has 1 aromatic carbocycles. The van der Waals surface area contributed by atoms with Gasteiger partial charge in [-0.1, -0.05) is 0 Å². The molecule has 1 aliphatic rings. The molecule has 0 spiro atoms. The van der Waals surface area contributed by atoms with Gasteiger partial charge in [-0.25, -0.2) is 0 Å². The van der Waals surface area contributed by atoms with Crippen molar-refractivity contribution in [3.8, 4) is 0 Å². The van der Waals surface area contributed by atoms with Gasteiger partial charge in [0, 0.05) is 27.1 Å². The number of hydrogen-bond acceptors (Lipinski definition) is 3. The average Bonchev–Trinajstić information content (AvgIpc) is 2.69. The fraction of sp³-hybridized carbons (Fsp3) is 0.538. The molecule has 0 amide bonds. The molecular formula is C13H19BrN2S. The monoisotopic (exact) mass is 314 g/mol. The number of nitrogen functional groups attached to an aromatic ring is 1. The van der Waals surface area contributed by atoms with Crippen molar-refractivity contribution in [2.24, 2.45) is 0 Å². The lowest BCUT2D eigenvalue weighted by molar-refractivity contribution is 0.634. The van der Waals surface area contributed by atoms with Crippen LogP contribution in [-0.4, -0.2) is 17.0 Å². The molecule has 17 heavy (non-hydrogen) atoms. The zero-order valence-corrected chi connectivity index (χ0v) is 12.7. The van der Waals surface area contributed by atoms with E-state index in [1.807, 2.05) is 13.0 Å². The summed E-state index contributed by atoms with van der Waals surface area (Å²) in [6.45, 7) is 5.40. The van der Waals surface area contributed by atoms with Gasteiger partial charge >= 0.3 is 0 Å². The Morgan fingerprint density at radius 1 is 1.53 bits per heavy atom. The number of nitrogens with one attached hydrogen (secondary N) is 1. The summed E-state index contributed by atoms with van der Waals surface area (Å²) >= 11 is 5.63. The number of benzene rings is 1. The standard InChI is InChI=1S/C13H19BrN2S/c1-9-6-12(10(14)7-11(9)15)16-8-13(2)4-3-5-17-13/h6-7,16H,3-5,8,15H2,1-2H3. The van der Waals surface area contributed by atoms with Gasteiger partial charge < -0.3 is 11.1 Å². The summed E-state index contributed by atoms with van der Waals surface area (Å²) in [6.07, 6.45) is 2.64. The van der Waals surface area contributed by atoms with Crippen molar-refractivity contribution >= 4 is 39.1 Å². The van der Waals surface area contributed by atoms with Crippen LogP contribution in [0.25, 0.3) is 0 Å². The van der Waals surface area contributed by atoms with Crippen LogP contribution in [0.2, 0.25) is 0 Å². The molecule has 0 aliphatic carbocycles. The molecule has 1 aromatic rings. The molecule has 0 radical (unpaired) electrons. The Labute approximate surface area is 116 Å². The maximum Gasteiger partial charge on any atom is 0.0489 e. The first kappa shape index (κ1) is 13.1. The zero-order chi connectivity index (χ0) is 12.5. The van der Waals surface area contributed by atoms with Crippen LogP contribution in [0.15, 0.2) is 16.6 Å². The van der Waals surface area contributed by atoms with Crippen molar-refractivity contribution < 1.29 is 0 Å². The normalized spacial score (nSPS) is 23.9. The molecule has 3 N–H and O–H groups in total. The van der Waals surface area contributed by atoms with Gasteiger partial charge in [0.05, 0.1) is 0 Å². The molecule has 1 aliphatic heterocycles. The molecule has 4 heteroatoms. The van der Waals surface area contributed by atoms with Crippen molar-refractivity contribution in [2.75, 3.05) is 23.3 Å². The largest absolute Gasteiger partial charge is 0.398 e. The van der Waals surface area contributed by atoms with Crippen LogP contribution < -0.4 is 11.1 Å². The molecule has 2 rings (SSSR count). The van der Waals surface area contributed by atoms with Crippen molar-refractivity contribution in [1.82, 2.24) is 0 Å². The summed E-state index contributed by atoms with van der Waals surface area (Å²) in [5.41, 5.74) is 8.98. The van der Waals surface area contributed by atoms with E-state index in [0.29, 0.717) is 4.75 Å². The first-order valence-electron chi connectivity index (χ1n) is 5.94. The minimum Gasteiger partial charge on any atom is -0.398 e. The summed E-state index contributed by atoms with van der Waals surface area (Å²) in [5.74, 6) is 1.29. The molecule has 2 nitrogen and oxygen atoms in total. The maximum atomic E-state index is 5.87. The molecule has 1 atom stereocenters. The van der Waals surface area contributed by atoms with E-state index in [2.05, 4.69) is 46.0 Å². The molecule has 1 fully saturated rings. The van der Waals surface area contributed by atoms with Crippen LogP contribution in [0.5, 0.6) is 0 Å². The SMILES string of the molecule is Cc1cc(NCC2(C)CCCS2)c(Br)cc1N. The highest BCUT2D eigenvalue weighted by Crippen LogP contribution is 2.38. The quantitative estimate of drug-likeness (QED) is 0.827. The van der Waals surface area contributed by atoms with Crippen LogP contribution in [0.3, 0.4) is 0 Å². The Bertz CT molecular complexity index is 414. The third-order valence-corrected chi connectivity index (χ3v) is 5.50. The van der Waals surface area contributed by atoms with E-state index < -0.39 is 0 Å². The lowest BCUT2D eigenvalue weighted by Crippen LogP contribution is -2.27. The summed E-state index contributed by atoms with van der Waals surface area (Å²) in [5, 5.41) is 3.54. The van der Waals surface area contributed by atoms with E-state index in [-0.39, 0.29) is 0 Å². The van der Waals surface area contributed by atoms with Gasteiger partial charge in [0.2, 0.25) is 0 Å². The van der Waals surface area contributed by atoms with Crippen molar-refractivity contribution in [1.29, 1.82) is 0 Å². The van der Waals surface area contributed by atoms with Crippen LogP contribution in [0.1, 0.15) is 25.3 Å². The van der Waals surface area contributed by atoms with Gasteiger partial charge in [-0.2, -0.15) is 11.8 Å². The highest BCUT2D eigenvalue weighted by molar-refractivity contribution is 9.10. The third kappa shape index (κ3) is 3.10. The summed E-state index contributed by atoms with van der Waals surface area (Å²) < 4.78 is 1.43. The average molecular weight is 315 g/mol. The summed E-state index contributed by atoms with van der Waals surface area (Å²) in [6, 6.07) is 4.09. The van der Waals surface area contributed by atoms with Crippen molar-refractivity contribution in [2.45, 2.75) is 31.4 Å². The predicted molar refractivity (Wildman–Crippen MR) is 81.9 cm³/mol. The molecule has 1 heterocycles. The second kappa shape index (κ2) is 5.11. The molecule has 1 saturated heterocycles. The highest BCUT2D eigenvalue weighted by atomic mass is 79.9.